The van der Waals surface area contributed by atoms with Gasteiger partial charge in [0.05, 0.1) is 43.3 Å². The molecule has 2 aromatic carbocycles. The maximum absolute atomic E-state index is 13.6. The van der Waals surface area contributed by atoms with Gasteiger partial charge in [-0.1, -0.05) is 48.5 Å². The lowest BCUT2D eigenvalue weighted by Gasteiger charge is -2.32. The lowest BCUT2D eigenvalue weighted by atomic mass is 9.99. The van der Waals surface area contributed by atoms with Crippen molar-refractivity contribution < 1.29 is 43.2 Å². The molecule has 2 fully saturated rings. The minimum Gasteiger partial charge on any atom is -0.453 e. The van der Waals surface area contributed by atoms with Gasteiger partial charge in [0, 0.05) is 34.4 Å². The molecule has 2 unspecified atom stereocenters. The van der Waals surface area contributed by atoms with E-state index in [1.54, 1.807) is 29.8 Å². The number of likely N-dealkylation sites (tertiary alicyclic amines) is 2. The maximum Gasteiger partial charge on any atom is 0.407 e. The number of rotatable bonds is 16. The molecule has 2 aliphatic rings. The molecule has 0 saturated carbocycles. The highest BCUT2D eigenvalue weighted by Gasteiger charge is 2.41. The normalized spacial score (nSPS) is 20.1. The Morgan fingerprint density at radius 3 is 1.96 bits per heavy atom. The van der Waals surface area contributed by atoms with E-state index in [1.165, 1.54) is 28.4 Å². The number of alkyl carbamates (subject to hydrolysis) is 1. The van der Waals surface area contributed by atoms with E-state index in [2.05, 4.69) is 25.9 Å². The predicted molar refractivity (Wildman–Crippen MR) is 207 cm³/mol. The molecule has 16 heteroatoms. The first-order valence-corrected chi connectivity index (χ1v) is 18.9. The van der Waals surface area contributed by atoms with Crippen LogP contribution < -0.4 is 16.0 Å². The van der Waals surface area contributed by atoms with E-state index in [9.17, 15) is 24.3 Å². The van der Waals surface area contributed by atoms with Crippen LogP contribution in [0.25, 0.3) is 22.4 Å². The third-order valence-electron chi connectivity index (χ3n) is 10.8. The standard InChI is InChI=1S/C40H55N7O9/c1-23(42-36(48)32-11-9-21-47(32)38(50)34(25(3)54-5)45-40(52)56-7)26-12-14-27(15-13-26)28-16-18-29(19-17-28)30-22-41-35(43-30)31-10-8-20-46(31)37(49)33(24(2)53-4)44-39(51)55-6/h12-19,22-25,31-34,40,45,52H,8-11,20-21H2,1-7H3,(H,41,43)(H,42,48)(H,44,51)/t23-,24-,25-,31+,32+,33?,34+,40?/m1/s1. The van der Waals surface area contributed by atoms with Crippen LogP contribution in [0, 0.1) is 0 Å². The Bertz CT molecular complexity index is 1790. The summed E-state index contributed by atoms with van der Waals surface area (Å²) in [7, 11) is 5.54. The topological polar surface area (TPSA) is 197 Å². The van der Waals surface area contributed by atoms with Gasteiger partial charge >= 0.3 is 6.09 Å². The molecule has 0 spiro atoms. The van der Waals surface area contributed by atoms with Crippen molar-refractivity contribution in [3.05, 3.63) is 66.1 Å². The molecule has 56 heavy (non-hydrogen) atoms. The number of benzene rings is 2. The second kappa shape index (κ2) is 19.3. The predicted octanol–water partition coefficient (Wildman–Crippen LogP) is 3.25. The smallest absolute Gasteiger partial charge is 0.407 e. The van der Waals surface area contributed by atoms with Gasteiger partial charge in [0.1, 0.15) is 23.9 Å². The highest BCUT2D eigenvalue weighted by Crippen LogP contribution is 2.33. The molecule has 0 radical (unpaired) electrons. The van der Waals surface area contributed by atoms with Crippen LogP contribution in [0.15, 0.2) is 54.7 Å². The van der Waals surface area contributed by atoms with Crippen molar-refractivity contribution >= 4 is 23.8 Å². The van der Waals surface area contributed by atoms with Gasteiger partial charge in [-0.2, -0.15) is 0 Å². The van der Waals surface area contributed by atoms with Crippen LogP contribution in [0.5, 0.6) is 0 Å². The summed E-state index contributed by atoms with van der Waals surface area (Å²) in [6.07, 6.45) is 1.31. The molecule has 3 aromatic rings. The summed E-state index contributed by atoms with van der Waals surface area (Å²) < 4.78 is 20.4. The number of nitrogens with zero attached hydrogens (tertiary/aromatic N) is 3. The summed E-state index contributed by atoms with van der Waals surface area (Å²) in [5, 5.41) is 18.4. The highest BCUT2D eigenvalue weighted by molar-refractivity contribution is 5.91. The van der Waals surface area contributed by atoms with Crippen molar-refractivity contribution in [2.75, 3.05) is 41.5 Å². The van der Waals surface area contributed by atoms with E-state index in [0.29, 0.717) is 31.8 Å². The highest BCUT2D eigenvalue weighted by atomic mass is 16.6. The van der Waals surface area contributed by atoms with E-state index in [-0.39, 0.29) is 29.8 Å². The van der Waals surface area contributed by atoms with E-state index in [1.807, 2.05) is 55.5 Å². The van der Waals surface area contributed by atoms with Crippen molar-refractivity contribution in [2.24, 2.45) is 0 Å². The first-order chi connectivity index (χ1) is 26.9. The van der Waals surface area contributed by atoms with Gasteiger partial charge in [0.25, 0.3) is 0 Å². The molecule has 5 N–H and O–H groups in total. The van der Waals surface area contributed by atoms with Crippen LogP contribution >= 0.6 is 0 Å². The number of ether oxygens (including phenoxy) is 4. The minimum atomic E-state index is -1.36. The molecule has 0 bridgehead atoms. The monoisotopic (exact) mass is 777 g/mol. The number of nitrogens with one attached hydrogen (secondary N) is 4. The summed E-state index contributed by atoms with van der Waals surface area (Å²) in [4.78, 5) is 63.9. The van der Waals surface area contributed by atoms with Crippen LogP contribution in [0.4, 0.5) is 4.79 Å². The largest absolute Gasteiger partial charge is 0.453 e. The number of hydrogen-bond donors (Lipinski definition) is 5. The van der Waals surface area contributed by atoms with E-state index in [4.69, 9.17) is 18.9 Å². The summed E-state index contributed by atoms with van der Waals surface area (Å²) in [6.45, 7) is 6.30. The summed E-state index contributed by atoms with van der Waals surface area (Å²) in [6, 6.07) is 13.0. The van der Waals surface area contributed by atoms with Gasteiger partial charge in [0.2, 0.25) is 24.1 Å². The van der Waals surface area contributed by atoms with Crippen molar-refractivity contribution in [2.45, 2.75) is 95.3 Å². The Labute approximate surface area is 327 Å². The van der Waals surface area contributed by atoms with Gasteiger partial charge < -0.3 is 49.5 Å². The molecule has 5 rings (SSSR count). The lowest BCUT2D eigenvalue weighted by Crippen LogP contribution is -2.58. The number of H-pyrrole nitrogens is 1. The maximum atomic E-state index is 13.6. The number of aliphatic hydroxyl groups excluding tert-OH is 1. The Morgan fingerprint density at radius 1 is 0.768 bits per heavy atom. The van der Waals surface area contributed by atoms with Gasteiger partial charge in [-0.15, -0.1) is 0 Å². The van der Waals surface area contributed by atoms with Crippen LogP contribution in [0.2, 0.25) is 0 Å². The van der Waals surface area contributed by atoms with Gasteiger partial charge in [-0.25, -0.2) is 9.78 Å². The number of aliphatic hydroxyl groups is 1. The number of carbonyl (C=O) groups excluding carboxylic acids is 4. The molecule has 3 heterocycles. The second-order valence-corrected chi connectivity index (χ2v) is 14.2. The fourth-order valence-electron chi connectivity index (χ4n) is 7.29. The number of methoxy groups -OCH3 is 4. The zero-order chi connectivity index (χ0) is 40.5. The number of amides is 4. The molecular formula is C40H55N7O9. The molecule has 1 aromatic heterocycles. The summed E-state index contributed by atoms with van der Waals surface area (Å²) in [5.74, 6) is -0.169. The number of hydrogen-bond acceptors (Lipinski definition) is 11. The van der Waals surface area contributed by atoms with E-state index >= 15 is 0 Å². The Kier molecular flexibility index (Phi) is 14.6. The van der Waals surface area contributed by atoms with Crippen LogP contribution in [0.1, 0.15) is 69.9 Å². The fraction of sp³-hybridized carbons (Fsp3) is 0.525. The fourth-order valence-corrected chi connectivity index (χ4v) is 7.29. The first-order valence-electron chi connectivity index (χ1n) is 18.9. The Balaban J connectivity index is 1.20. The zero-order valence-electron chi connectivity index (χ0n) is 33.1. The zero-order valence-corrected chi connectivity index (χ0v) is 33.1. The first kappa shape index (κ1) is 42.3. The van der Waals surface area contributed by atoms with Crippen molar-refractivity contribution in [3.63, 3.8) is 0 Å². The van der Waals surface area contributed by atoms with Crippen molar-refractivity contribution in [1.82, 2.24) is 35.7 Å². The molecule has 4 amide bonds. The minimum absolute atomic E-state index is 0.242. The number of imidazole rings is 1. The average molecular weight is 778 g/mol. The van der Waals surface area contributed by atoms with E-state index < -0.39 is 42.8 Å². The Hall–Kier alpha value is -4.87. The molecule has 8 atom stereocenters. The summed E-state index contributed by atoms with van der Waals surface area (Å²) in [5.41, 5.74) is 4.67. The molecular weight excluding hydrogens is 722 g/mol. The average Bonchev–Trinajstić information content (AvgIpc) is 4.02. The SMILES string of the molecule is COC(=O)NC(C(=O)N1CCC[C@H]1c1ncc(-c2ccc(-c3ccc([C@@H](C)NC(=O)[C@@H]4CCCN4C(=O)[C@@H](NC(O)OC)[C@@H](C)OC)cc3)cc2)[nH]1)[C@@H](C)OC. The van der Waals surface area contributed by atoms with Gasteiger partial charge in [-0.05, 0) is 68.7 Å². The molecule has 2 saturated heterocycles. The van der Waals surface area contributed by atoms with Crippen LogP contribution in [-0.2, 0) is 33.3 Å². The number of aromatic amines is 1. The third-order valence-corrected chi connectivity index (χ3v) is 10.8. The van der Waals surface area contributed by atoms with Crippen LogP contribution in [-0.4, -0.2) is 127 Å². The van der Waals surface area contributed by atoms with Gasteiger partial charge in [-0.3, -0.25) is 19.7 Å². The molecule has 2 aliphatic heterocycles. The van der Waals surface area contributed by atoms with E-state index in [0.717, 1.165) is 40.8 Å². The molecule has 304 valence electrons. The quantitative estimate of drug-likeness (QED) is 0.134. The number of aromatic nitrogens is 2. The van der Waals surface area contributed by atoms with Crippen molar-refractivity contribution in [3.8, 4) is 22.4 Å². The third kappa shape index (κ3) is 9.73. The van der Waals surface area contributed by atoms with Crippen LogP contribution in [0.3, 0.4) is 0 Å². The summed E-state index contributed by atoms with van der Waals surface area (Å²) >= 11 is 0. The molecule has 16 nitrogen and oxygen atoms in total. The lowest BCUT2D eigenvalue weighted by molar-refractivity contribution is -0.151. The molecule has 0 aliphatic carbocycles. The second-order valence-electron chi connectivity index (χ2n) is 14.2. The Morgan fingerprint density at radius 2 is 1.34 bits per heavy atom. The van der Waals surface area contributed by atoms with Gasteiger partial charge in [0.15, 0.2) is 0 Å². The van der Waals surface area contributed by atoms with Crippen molar-refractivity contribution in [1.29, 1.82) is 0 Å². The number of carbonyl (C=O) groups is 4.